The van der Waals surface area contributed by atoms with Gasteiger partial charge in [-0.1, -0.05) is 79.6 Å². The summed E-state index contributed by atoms with van der Waals surface area (Å²) in [5, 5.41) is 67.1. The number of ether oxygens (including phenoxy) is 1. The maximum Gasteiger partial charge on any atom is 0.407 e. The zero-order chi connectivity index (χ0) is 78.7. The second-order valence-electron chi connectivity index (χ2n) is 26.4. The van der Waals surface area contributed by atoms with Crippen LogP contribution in [0, 0.1) is 16.7 Å². The van der Waals surface area contributed by atoms with E-state index in [0.717, 1.165) is 32.5 Å². The third-order valence-corrected chi connectivity index (χ3v) is 19.2. The van der Waals surface area contributed by atoms with E-state index in [-0.39, 0.29) is 114 Å². The molecule has 0 bridgehead atoms. The first kappa shape index (κ1) is 84.2. The molecule has 1 aromatic heterocycles. The zero-order valence-electron chi connectivity index (χ0n) is 59.4. The van der Waals surface area contributed by atoms with E-state index in [2.05, 4.69) is 94.0 Å². The van der Waals surface area contributed by atoms with Crippen molar-refractivity contribution in [2.45, 2.75) is 157 Å². The van der Waals surface area contributed by atoms with Crippen molar-refractivity contribution < 1.29 is 82.1 Å². The number of alkyl carbamates (subject to hydrolysis) is 1. The molecule has 1 unspecified atom stereocenters. The molecule has 1 aliphatic carbocycles. The number of hydrogen-bond acceptors (Lipinski definition) is 20. The van der Waals surface area contributed by atoms with E-state index in [0.29, 0.717) is 11.2 Å². The number of aliphatic hydroxyl groups excluding tert-OH is 1. The molecule has 0 spiro atoms. The number of guanidine groups is 2. The van der Waals surface area contributed by atoms with Gasteiger partial charge in [-0.15, -0.1) is 0 Å². The Kier molecular flexibility index (Phi) is 32.1. The van der Waals surface area contributed by atoms with Gasteiger partial charge in [0.25, 0.3) is 0 Å². The summed E-state index contributed by atoms with van der Waals surface area (Å²) in [6.07, 6.45) is -3.90. The number of benzene rings is 3. The van der Waals surface area contributed by atoms with Crippen LogP contribution in [-0.2, 0) is 73.5 Å². The van der Waals surface area contributed by atoms with Gasteiger partial charge in [-0.25, -0.2) is 4.79 Å². The van der Waals surface area contributed by atoms with Crippen LogP contribution in [0.25, 0.3) is 22.0 Å². The summed E-state index contributed by atoms with van der Waals surface area (Å²) in [6, 6.07) is 8.78. The second kappa shape index (κ2) is 41.2. The molecule has 36 nitrogen and oxygen atoms in total. The molecule has 2 aliphatic heterocycles. The van der Waals surface area contributed by atoms with E-state index in [1.807, 2.05) is 48.5 Å². The fourth-order valence-corrected chi connectivity index (χ4v) is 13.3. The number of ketones is 1. The summed E-state index contributed by atoms with van der Waals surface area (Å²) < 4.78 is 5.55. The summed E-state index contributed by atoms with van der Waals surface area (Å²) in [6.45, 7) is -0.701. The summed E-state index contributed by atoms with van der Waals surface area (Å²) in [4.78, 5) is 200. The smallest absolute Gasteiger partial charge is 0.407 e. The van der Waals surface area contributed by atoms with E-state index >= 15 is 0 Å². The van der Waals surface area contributed by atoms with Crippen LogP contribution in [0.15, 0.2) is 78.9 Å². The number of aromatic amines is 1. The molecule has 108 heavy (non-hydrogen) atoms. The molecule has 0 saturated carbocycles. The number of aliphatic carboxylic acids is 1. The maximum atomic E-state index is 14.7. The predicted octanol–water partition coefficient (Wildman–Crippen LogP) is -2.89. The molecule has 2 saturated heterocycles. The average molecular weight is 1540 g/mol. The SMILES string of the molecule is C[C@@H]1NC(=O)[C@H](CS)NC(=O)[C@H](CCCNC(=N)N)NC(=O)C2CCCN2C(=O)[C@H](CC(=O)O)NC(=O)[C@H](CO)CC(=O)[C@@H](NC(=O)[C@H](CS)NC(=O)CNC(=O)OCC2c3ccccc3-c3ccccc32)CCCC[C@@H](C(N)=O)NC(=O)[C@H](CCCNC(=N)N)NC(=O)[C@H](Cc2cc3ccccc3[nH]2)NC1=O. The lowest BCUT2D eigenvalue weighted by Crippen LogP contribution is -2.60. The van der Waals surface area contributed by atoms with Crippen LogP contribution >= 0.6 is 25.3 Å². The topological polar surface area (TPSA) is 578 Å². The first-order chi connectivity index (χ1) is 51.6. The van der Waals surface area contributed by atoms with Crippen molar-refractivity contribution in [3.8, 4) is 11.1 Å². The number of hydrogen-bond donors (Lipinski definition) is 22. The highest BCUT2D eigenvalue weighted by molar-refractivity contribution is 7.80. The third-order valence-electron chi connectivity index (χ3n) is 18.5. The van der Waals surface area contributed by atoms with Gasteiger partial charge < -0.3 is 106 Å². The van der Waals surface area contributed by atoms with Gasteiger partial charge in [0.2, 0.25) is 65.0 Å². The van der Waals surface area contributed by atoms with Crippen LogP contribution in [0.1, 0.15) is 107 Å². The molecule has 38 heteroatoms. The quantitative estimate of drug-likeness (QED) is 0.0153. The Labute approximate surface area is 632 Å². The monoisotopic (exact) mass is 1540 g/mol. The number of Topliss-reactive ketones (excluding diaryl/α,β-unsaturated/α-hetero) is 1. The predicted molar refractivity (Wildman–Crippen MR) is 399 cm³/mol. The van der Waals surface area contributed by atoms with Crippen LogP contribution in [0.5, 0.6) is 0 Å². The molecule has 23 N–H and O–H groups in total. The van der Waals surface area contributed by atoms with Gasteiger partial charge in [0, 0.05) is 61.1 Å². The van der Waals surface area contributed by atoms with Gasteiger partial charge in [-0.05, 0) is 98.1 Å². The number of para-hydroxylation sites is 1. The summed E-state index contributed by atoms with van der Waals surface area (Å²) in [5.41, 5.74) is 21.9. The lowest BCUT2D eigenvalue weighted by Gasteiger charge is -2.30. The molecule has 11 atom stereocenters. The Morgan fingerprint density at radius 1 is 0.657 bits per heavy atom. The molecule has 7 rings (SSSR count). The highest BCUT2D eigenvalue weighted by Gasteiger charge is 2.42. The van der Waals surface area contributed by atoms with Gasteiger partial charge in [0.1, 0.15) is 67.5 Å². The fourth-order valence-electron chi connectivity index (χ4n) is 12.8. The number of fused-ring (bicyclic) bond motifs is 5. The number of primary amides is 1. The Morgan fingerprint density at radius 3 is 1.82 bits per heavy atom. The number of carbonyl (C=O) groups excluding carboxylic acids is 13. The fraction of sp³-hybridized carbons (Fsp3) is 0.486. The normalized spacial score (nSPS) is 22.9. The highest BCUT2D eigenvalue weighted by atomic mass is 32.1. The number of nitrogens with one attached hydrogen (secondary N) is 15. The van der Waals surface area contributed by atoms with Crippen molar-refractivity contribution in [3.63, 3.8) is 0 Å². The Bertz CT molecular complexity index is 3900. The molecule has 3 aliphatic rings. The molecule has 4 aromatic rings. The highest BCUT2D eigenvalue weighted by Crippen LogP contribution is 2.44. The molecule has 584 valence electrons. The maximum absolute atomic E-state index is 14.7. The first-order valence-corrected chi connectivity index (χ1v) is 36.6. The lowest BCUT2D eigenvalue weighted by molar-refractivity contribution is -0.146. The van der Waals surface area contributed by atoms with Crippen molar-refractivity contribution in [1.29, 1.82) is 10.8 Å². The molecule has 3 heterocycles. The Hall–Kier alpha value is -11.0. The zero-order valence-corrected chi connectivity index (χ0v) is 61.2. The standard InChI is InChI=1S/C70H95N19O17S2/c1-36-59(96)86-50(29-39-27-37-13-2-7-18-45(37)80-39)63(100)84-48(21-10-24-76-68(72)73)61(98)83-47(58(71)95)20-9-8-19-46(82-65(102)52(34-107)81-56(92)31-78-70(105)106-33-44-42-16-5-3-14-40(42)41-15-4-6-17-43(41)44)55(91)28-38(32-90)60(97)87-51(30-57(93)94)67(104)89-26-12-23-54(89)66(103)85-49(22-11-25-77-69(74)75)62(99)88-53(35-108)64(101)79-36/h2-7,13-18,27,36,38,44,46-54,80,90,107-108H,8-12,19-26,28-35H2,1H3,(H2,71,95)(H,78,105)(H,79,101)(H,81,92)(H,82,102)(H,83,98)(H,84,100)(H,85,103)(H,86,96)(H,87,97)(H,88,99)(H,93,94)(H4,72,73,76)(H4,74,75,77)/t36-,38-,46-,47-,48-,49-,50-,51-,52-,53-,54?/m0/s1. The van der Waals surface area contributed by atoms with Gasteiger partial charge in [-0.3, -0.25) is 73.1 Å². The number of thiol groups is 2. The number of nitrogens with two attached hydrogens (primary N) is 3. The van der Waals surface area contributed by atoms with Crippen molar-refractivity contribution in [1.82, 2.24) is 73.7 Å². The number of rotatable bonds is 23. The summed E-state index contributed by atoms with van der Waals surface area (Å²) in [5.74, 6) is -17.0. The van der Waals surface area contributed by atoms with E-state index in [9.17, 15) is 77.3 Å². The molecule has 0 radical (unpaired) electrons. The first-order valence-electron chi connectivity index (χ1n) is 35.3. The van der Waals surface area contributed by atoms with Crippen molar-refractivity contribution in [3.05, 3.63) is 95.7 Å². The van der Waals surface area contributed by atoms with Crippen LogP contribution in [0.4, 0.5) is 4.79 Å². The molecule has 2 fully saturated rings. The molecule has 12 amide bonds. The third kappa shape index (κ3) is 24.5. The molecule has 3 aromatic carbocycles. The van der Waals surface area contributed by atoms with E-state index < -0.39 is 187 Å². The Morgan fingerprint density at radius 2 is 1.22 bits per heavy atom. The number of aromatic nitrogens is 1. The van der Waals surface area contributed by atoms with Crippen molar-refractivity contribution >= 4 is 131 Å². The van der Waals surface area contributed by atoms with Crippen LogP contribution < -0.4 is 81.0 Å². The van der Waals surface area contributed by atoms with E-state index in [1.54, 1.807) is 30.3 Å². The van der Waals surface area contributed by atoms with Crippen LogP contribution in [0.2, 0.25) is 0 Å². The second-order valence-corrected chi connectivity index (χ2v) is 27.1. The minimum Gasteiger partial charge on any atom is -0.481 e. The largest absolute Gasteiger partial charge is 0.481 e. The van der Waals surface area contributed by atoms with Gasteiger partial charge in [-0.2, -0.15) is 25.3 Å². The number of amides is 12. The number of H-pyrrole nitrogens is 1. The molecular formula is C70H95N19O17S2. The minimum atomic E-state index is -1.94. The lowest BCUT2D eigenvalue weighted by atomic mass is 9.94. The van der Waals surface area contributed by atoms with E-state index in [1.165, 1.54) is 6.92 Å². The molecular weight excluding hydrogens is 1440 g/mol. The summed E-state index contributed by atoms with van der Waals surface area (Å²) >= 11 is 8.56. The number of carboxylic acid groups (broad SMARTS) is 1. The van der Waals surface area contributed by atoms with Gasteiger partial charge >= 0.3 is 12.1 Å². The van der Waals surface area contributed by atoms with Gasteiger partial charge in [0.15, 0.2) is 17.7 Å². The minimum absolute atomic E-state index is 0.0186. The number of nitrogens with zero attached hydrogens (tertiary/aromatic N) is 1. The van der Waals surface area contributed by atoms with E-state index in [4.69, 9.17) is 32.8 Å². The van der Waals surface area contributed by atoms with Crippen LogP contribution in [-0.4, -0.2) is 226 Å². The Balaban J connectivity index is 1.16. The van der Waals surface area contributed by atoms with Crippen molar-refractivity contribution in [2.75, 3.05) is 50.9 Å². The number of carbonyl (C=O) groups is 14. The van der Waals surface area contributed by atoms with Crippen LogP contribution in [0.3, 0.4) is 0 Å². The summed E-state index contributed by atoms with van der Waals surface area (Å²) in [7, 11) is 0. The number of carboxylic acids is 1. The number of aliphatic hydroxyl groups is 1. The average Bonchev–Trinajstić information content (AvgIpc) is 1.61. The van der Waals surface area contributed by atoms with Gasteiger partial charge in [0.05, 0.1) is 25.0 Å². The van der Waals surface area contributed by atoms with Crippen molar-refractivity contribution in [2.24, 2.45) is 23.1 Å².